The summed E-state index contributed by atoms with van der Waals surface area (Å²) >= 11 is 0. The zero-order valence-electron chi connectivity index (χ0n) is 16.9. The molecule has 0 radical (unpaired) electrons. The maximum absolute atomic E-state index is 12.3. The molecule has 2 aromatic carbocycles. The van der Waals surface area contributed by atoms with Crippen LogP contribution >= 0.6 is 0 Å². The summed E-state index contributed by atoms with van der Waals surface area (Å²) in [5.41, 5.74) is 2.47. The van der Waals surface area contributed by atoms with Gasteiger partial charge in [-0.05, 0) is 56.1 Å². The van der Waals surface area contributed by atoms with Gasteiger partial charge in [-0.2, -0.15) is 0 Å². The van der Waals surface area contributed by atoms with Crippen LogP contribution in [-0.2, 0) is 6.54 Å². The zero-order chi connectivity index (χ0) is 20.6. The number of anilines is 1. The molecule has 0 aliphatic rings. The molecule has 0 saturated heterocycles. The fourth-order valence-electron chi connectivity index (χ4n) is 2.75. The molecule has 3 rings (SSSR count). The average Bonchev–Trinajstić information content (AvgIpc) is 2.72. The largest absolute Gasteiger partial charge is 0.492 e. The number of hydrogen-bond donors (Lipinski definition) is 2. The first-order valence-corrected chi connectivity index (χ1v) is 9.39. The fourth-order valence-corrected chi connectivity index (χ4v) is 2.75. The number of methoxy groups -OCH3 is 1. The Morgan fingerprint density at radius 3 is 2.76 bits per heavy atom. The smallest absolute Gasteiger partial charge is 0.319 e. The van der Waals surface area contributed by atoms with E-state index in [2.05, 4.69) is 20.5 Å². The molecule has 1 aromatic heterocycles. The molecular formula is C22H26N4O3. The van der Waals surface area contributed by atoms with E-state index in [0.717, 1.165) is 28.8 Å². The van der Waals surface area contributed by atoms with Crippen LogP contribution in [0.25, 0.3) is 10.9 Å². The van der Waals surface area contributed by atoms with Crippen LogP contribution in [0.1, 0.15) is 5.56 Å². The molecule has 7 nitrogen and oxygen atoms in total. The topological polar surface area (TPSA) is 75.7 Å². The Kier molecular flexibility index (Phi) is 6.86. The molecule has 0 atom stereocenters. The molecule has 152 valence electrons. The first-order chi connectivity index (χ1) is 14.0. The van der Waals surface area contributed by atoms with Crippen LogP contribution in [0.5, 0.6) is 11.6 Å². The van der Waals surface area contributed by atoms with Gasteiger partial charge in [0, 0.05) is 30.2 Å². The third kappa shape index (κ3) is 6.08. The first-order valence-electron chi connectivity index (χ1n) is 9.39. The molecule has 3 aromatic rings. The van der Waals surface area contributed by atoms with Crippen LogP contribution < -0.4 is 20.1 Å². The summed E-state index contributed by atoms with van der Waals surface area (Å²) in [5, 5.41) is 6.64. The molecule has 2 N–H and O–H groups in total. The van der Waals surface area contributed by atoms with Gasteiger partial charge in [0.15, 0.2) is 0 Å². The number of rotatable bonds is 8. The summed E-state index contributed by atoms with van der Waals surface area (Å²) in [6.45, 7) is 1.87. The van der Waals surface area contributed by atoms with Crippen molar-refractivity contribution in [3.63, 3.8) is 0 Å². The van der Waals surface area contributed by atoms with Crippen molar-refractivity contribution in [3.8, 4) is 11.6 Å². The SMILES string of the molecule is COc1ccc2cc(NC(=O)NCc3cccc(OCCN(C)C)c3)ccc2n1. The number of carbonyl (C=O) groups excluding carboxylic acids is 1. The summed E-state index contributed by atoms with van der Waals surface area (Å²) in [5.74, 6) is 1.35. The third-order valence-corrected chi connectivity index (χ3v) is 4.29. The van der Waals surface area contributed by atoms with Crippen LogP contribution in [-0.4, -0.2) is 50.3 Å². The molecule has 2 amide bonds. The van der Waals surface area contributed by atoms with Crippen LogP contribution in [0.2, 0.25) is 0 Å². The van der Waals surface area contributed by atoms with Crippen LogP contribution in [0.4, 0.5) is 10.5 Å². The van der Waals surface area contributed by atoms with E-state index in [9.17, 15) is 4.79 Å². The highest BCUT2D eigenvalue weighted by atomic mass is 16.5. The molecule has 29 heavy (non-hydrogen) atoms. The molecule has 0 unspecified atom stereocenters. The highest BCUT2D eigenvalue weighted by Gasteiger charge is 2.05. The summed E-state index contributed by atoms with van der Waals surface area (Å²) in [6.07, 6.45) is 0. The Hall–Kier alpha value is -3.32. The van der Waals surface area contributed by atoms with Gasteiger partial charge < -0.3 is 25.0 Å². The number of likely N-dealkylation sites (N-methyl/N-ethyl adjacent to an activating group) is 1. The van der Waals surface area contributed by atoms with Crippen molar-refractivity contribution in [2.75, 3.05) is 39.7 Å². The summed E-state index contributed by atoms with van der Waals surface area (Å²) < 4.78 is 10.9. The van der Waals surface area contributed by atoms with Gasteiger partial charge in [-0.1, -0.05) is 12.1 Å². The van der Waals surface area contributed by atoms with Crippen molar-refractivity contribution in [2.24, 2.45) is 0 Å². The maximum atomic E-state index is 12.3. The van der Waals surface area contributed by atoms with E-state index in [1.807, 2.05) is 62.6 Å². The lowest BCUT2D eigenvalue weighted by Gasteiger charge is -2.12. The number of pyridine rings is 1. The van der Waals surface area contributed by atoms with Crippen molar-refractivity contribution < 1.29 is 14.3 Å². The molecule has 0 fully saturated rings. The number of nitrogens with zero attached hydrogens (tertiary/aromatic N) is 2. The lowest BCUT2D eigenvalue weighted by molar-refractivity contribution is 0.251. The lowest BCUT2D eigenvalue weighted by atomic mass is 10.2. The number of hydrogen-bond acceptors (Lipinski definition) is 5. The van der Waals surface area contributed by atoms with E-state index < -0.39 is 0 Å². The third-order valence-electron chi connectivity index (χ3n) is 4.29. The second kappa shape index (κ2) is 9.75. The van der Waals surface area contributed by atoms with E-state index in [1.54, 1.807) is 13.2 Å². The van der Waals surface area contributed by atoms with Crippen LogP contribution in [0.3, 0.4) is 0 Å². The molecular weight excluding hydrogens is 368 g/mol. The number of nitrogens with one attached hydrogen (secondary N) is 2. The second-order valence-electron chi connectivity index (χ2n) is 6.87. The lowest BCUT2D eigenvalue weighted by Crippen LogP contribution is -2.28. The van der Waals surface area contributed by atoms with E-state index in [-0.39, 0.29) is 6.03 Å². The molecule has 7 heteroatoms. The highest BCUT2D eigenvalue weighted by Crippen LogP contribution is 2.20. The number of carbonyl (C=O) groups is 1. The second-order valence-corrected chi connectivity index (χ2v) is 6.87. The van der Waals surface area contributed by atoms with Gasteiger partial charge in [0.1, 0.15) is 12.4 Å². The van der Waals surface area contributed by atoms with Gasteiger partial charge in [0.2, 0.25) is 5.88 Å². The van der Waals surface area contributed by atoms with Gasteiger partial charge in [-0.3, -0.25) is 0 Å². The predicted molar refractivity (Wildman–Crippen MR) is 115 cm³/mol. The first kappa shape index (κ1) is 20.4. The fraction of sp³-hybridized carbons (Fsp3) is 0.273. The minimum absolute atomic E-state index is 0.273. The Balaban J connectivity index is 1.54. The number of amides is 2. The average molecular weight is 394 g/mol. The molecule has 0 spiro atoms. The molecule has 1 heterocycles. The van der Waals surface area contributed by atoms with Gasteiger partial charge in [0.25, 0.3) is 0 Å². The number of aromatic nitrogens is 1. The van der Waals surface area contributed by atoms with E-state index in [4.69, 9.17) is 9.47 Å². The van der Waals surface area contributed by atoms with Crippen molar-refractivity contribution >= 4 is 22.6 Å². The van der Waals surface area contributed by atoms with E-state index >= 15 is 0 Å². The number of urea groups is 1. The summed E-state index contributed by atoms with van der Waals surface area (Å²) in [7, 11) is 5.59. The van der Waals surface area contributed by atoms with E-state index in [1.165, 1.54) is 0 Å². The maximum Gasteiger partial charge on any atom is 0.319 e. The quantitative estimate of drug-likeness (QED) is 0.612. The van der Waals surface area contributed by atoms with Crippen LogP contribution in [0.15, 0.2) is 54.6 Å². The van der Waals surface area contributed by atoms with Crippen molar-refractivity contribution in [1.82, 2.24) is 15.2 Å². The van der Waals surface area contributed by atoms with Gasteiger partial charge in [-0.15, -0.1) is 0 Å². The Morgan fingerprint density at radius 1 is 1.10 bits per heavy atom. The van der Waals surface area contributed by atoms with Gasteiger partial charge >= 0.3 is 6.03 Å². The minimum Gasteiger partial charge on any atom is -0.492 e. The molecule has 0 aliphatic carbocycles. The number of benzene rings is 2. The summed E-state index contributed by atoms with van der Waals surface area (Å²) in [4.78, 5) is 18.7. The standard InChI is InChI=1S/C22H26N4O3/c1-26(2)11-12-29-19-6-4-5-16(13-19)15-23-22(27)24-18-8-9-20-17(14-18)7-10-21(25-20)28-3/h4-10,13-14H,11-12,15H2,1-3H3,(H2,23,24,27). The molecule has 0 saturated carbocycles. The minimum atomic E-state index is -0.273. The zero-order valence-corrected chi connectivity index (χ0v) is 16.9. The molecule has 0 aliphatic heterocycles. The highest BCUT2D eigenvalue weighted by molar-refractivity contribution is 5.92. The van der Waals surface area contributed by atoms with Gasteiger partial charge in [0.05, 0.1) is 12.6 Å². The van der Waals surface area contributed by atoms with Crippen molar-refractivity contribution in [1.29, 1.82) is 0 Å². The number of ether oxygens (including phenoxy) is 2. The number of fused-ring (bicyclic) bond motifs is 1. The molecule has 0 bridgehead atoms. The Morgan fingerprint density at radius 2 is 1.97 bits per heavy atom. The van der Waals surface area contributed by atoms with Crippen molar-refractivity contribution in [3.05, 3.63) is 60.2 Å². The Labute approximate surface area is 170 Å². The Bertz CT molecular complexity index is 975. The monoisotopic (exact) mass is 394 g/mol. The van der Waals surface area contributed by atoms with Crippen molar-refractivity contribution in [2.45, 2.75) is 6.54 Å². The normalized spacial score (nSPS) is 10.8. The van der Waals surface area contributed by atoms with Gasteiger partial charge in [-0.25, -0.2) is 9.78 Å². The van der Waals surface area contributed by atoms with Crippen LogP contribution in [0, 0.1) is 0 Å². The van der Waals surface area contributed by atoms with E-state index in [0.29, 0.717) is 24.7 Å². The summed E-state index contributed by atoms with van der Waals surface area (Å²) in [6, 6.07) is 16.7. The predicted octanol–water partition coefficient (Wildman–Crippen LogP) is 3.51.